The SMILES string of the molecule is C#CCCNS(=O)(=O)c1ccc2c(c1)CCCN2. The summed E-state index contributed by atoms with van der Waals surface area (Å²) in [5, 5.41) is 3.25. The molecule has 0 unspecified atom stereocenters. The number of benzene rings is 1. The Bertz CT molecular complexity index is 573. The van der Waals surface area contributed by atoms with Crippen LogP contribution in [0.2, 0.25) is 0 Å². The summed E-state index contributed by atoms with van der Waals surface area (Å²) in [5.41, 5.74) is 2.09. The maximum Gasteiger partial charge on any atom is 0.240 e. The van der Waals surface area contributed by atoms with Crippen LogP contribution in [0.5, 0.6) is 0 Å². The lowest BCUT2D eigenvalue weighted by atomic mass is 10.0. The Hall–Kier alpha value is -1.51. The second-order valence-corrected chi connectivity index (χ2v) is 5.97. The van der Waals surface area contributed by atoms with Crippen molar-refractivity contribution in [2.75, 3.05) is 18.4 Å². The van der Waals surface area contributed by atoms with Gasteiger partial charge in [0.05, 0.1) is 4.90 Å². The zero-order valence-corrected chi connectivity index (χ0v) is 10.9. The fourth-order valence-electron chi connectivity index (χ4n) is 1.96. The standard InChI is InChI=1S/C13H16N2O2S/c1-2-3-9-15-18(16,17)12-6-7-13-11(10-12)5-4-8-14-13/h1,6-7,10,14-15H,3-5,8-9H2. The Kier molecular flexibility index (Phi) is 3.90. The molecule has 0 radical (unpaired) electrons. The maximum absolute atomic E-state index is 12.0. The van der Waals surface area contributed by atoms with E-state index in [1.54, 1.807) is 12.1 Å². The van der Waals surface area contributed by atoms with Crippen molar-refractivity contribution < 1.29 is 8.42 Å². The number of terminal acetylenes is 1. The molecule has 96 valence electrons. The third-order valence-electron chi connectivity index (χ3n) is 2.89. The number of nitrogens with one attached hydrogen (secondary N) is 2. The minimum atomic E-state index is -3.44. The highest BCUT2D eigenvalue weighted by atomic mass is 32.2. The molecule has 4 nitrogen and oxygen atoms in total. The minimum Gasteiger partial charge on any atom is -0.385 e. The summed E-state index contributed by atoms with van der Waals surface area (Å²) in [4.78, 5) is 0.307. The molecule has 0 aliphatic carbocycles. The second-order valence-electron chi connectivity index (χ2n) is 4.20. The van der Waals surface area contributed by atoms with Crippen LogP contribution in [0.15, 0.2) is 23.1 Å². The minimum absolute atomic E-state index is 0.272. The summed E-state index contributed by atoms with van der Waals surface area (Å²) >= 11 is 0. The van der Waals surface area contributed by atoms with Gasteiger partial charge >= 0.3 is 0 Å². The van der Waals surface area contributed by atoms with Crippen LogP contribution in [0.1, 0.15) is 18.4 Å². The molecule has 1 aromatic carbocycles. The quantitative estimate of drug-likeness (QED) is 0.637. The van der Waals surface area contributed by atoms with Crippen molar-refractivity contribution in [2.45, 2.75) is 24.2 Å². The van der Waals surface area contributed by atoms with E-state index in [1.807, 2.05) is 6.07 Å². The summed E-state index contributed by atoms with van der Waals surface area (Å²) in [7, 11) is -3.44. The molecule has 0 spiro atoms. The van der Waals surface area contributed by atoms with Gasteiger partial charge in [-0.05, 0) is 36.6 Å². The van der Waals surface area contributed by atoms with Crippen LogP contribution in [-0.2, 0) is 16.4 Å². The molecule has 1 aliphatic heterocycles. The second kappa shape index (κ2) is 5.42. The van der Waals surface area contributed by atoms with Gasteiger partial charge < -0.3 is 5.32 Å². The lowest BCUT2D eigenvalue weighted by Gasteiger charge is -2.18. The number of hydrogen-bond acceptors (Lipinski definition) is 3. The van der Waals surface area contributed by atoms with Crippen molar-refractivity contribution in [1.29, 1.82) is 0 Å². The van der Waals surface area contributed by atoms with Crippen LogP contribution in [-0.4, -0.2) is 21.5 Å². The van der Waals surface area contributed by atoms with Gasteiger partial charge in [-0.2, -0.15) is 0 Å². The van der Waals surface area contributed by atoms with Crippen LogP contribution in [0, 0.1) is 12.3 Å². The average Bonchev–Trinajstić information content (AvgIpc) is 2.38. The Balaban J connectivity index is 2.20. The Morgan fingerprint density at radius 2 is 2.28 bits per heavy atom. The third kappa shape index (κ3) is 2.84. The van der Waals surface area contributed by atoms with Gasteiger partial charge in [0.15, 0.2) is 0 Å². The van der Waals surface area contributed by atoms with E-state index in [1.165, 1.54) is 0 Å². The molecule has 0 bridgehead atoms. The third-order valence-corrected chi connectivity index (χ3v) is 4.35. The van der Waals surface area contributed by atoms with Crippen molar-refractivity contribution >= 4 is 15.7 Å². The fraction of sp³-hybridized carbons (Fsp3) is 0.385. The van der Waals surface area contributed by atoms with E-state index in [2.05, 4.69) is 16.0 Å². The fourth-order valence-corrected chi connectivity index (χ4v) is 3.04. The lowest BCUT2D eigenvalue weighted by molar-refractivity contribution is 0.582. The Morgan fingerprint density at radius 3 is 3.06 bits per heavy atom. The van der Waals surface area contributed by atoms with Gasteiger partial charge in [-0.1, -0.05) is 0 Å². The predicted octanol–water partition coefficient (Wildman–Crippen LogP) is 1.35. The maximum atomic E-state index is 12.0. The number of fused-ring (bicyclic) bond motifs is 1. The molecular weight excluding hydrogens is 248 g/mol. The number of sulfonamides is 1. The number of aryl methyl sites for hydroxylation is 1. The summed E-state index contributed by atoms with van der Waals surface area (Å²) in [6.45, 7) is 1.22. The molecule has 18 heavy (non-hydrogen) atoms. The van der Waals surface area contributed by atoms with Crippen molar-refractivity contribution in [3.63, 3.8) is 0 Å². The molecule has 1 aromatic rings. The highest BCUT2D eigenvalue weighted by Gasteiger charge is 2.16. The van der Waals surface area contributed by atoms with Gasteiger partial charge in [0.25, 0.3) is 0 Å². The first-order valence-corrected chi connectivity index (χ1v) is 7.42. The zero-order valence-electron chi connectivity index (χ0n) is 10.1. The molecule has 0 atom stereocenters. The number of hydrogen-bond donors (Lipinski definition) is 2. The number of anilines is 1. The van der Waals surface area contributed by atoms with E-state index >= 15 is 0 Å². The summed E-state index contributed by atoms with van der Waals surface area (Å²) in [6.07, 6.45) is 7.43. The van der Waals surface area contributed by atoms with Gasteiger partial charge in [0.1, 0.15) is 0 Å². The molecule has 0 fully saturated rings. The lowest BCUT2D eigenvalue weighted by Crippen LogP contribution is -2.25. The Morgan fingerprint density at radius 1 is 1.44 bits per heavy atom. The van der Waals surface area contributed by atoms with E-state index in [0.29, 0.717) is 11.3 Å². The molecular formula is C13H16N2O2S. The van der Waals surface area contributed by atoms with E-state index in [0.717, 1.165) is 30.6 Å². The van der Waals surface area contributed by atoms with E-state index in [-0.39, 0.29) is 6.54 Å². The normalized spacial score (nSPS) is 14.4. The van der Waals surface area contributed by atoms with Crippen LogP contribution in [0.4, 0.5) is 5.69 Å². The van der Waals surface area contributed by atoms with Crippen molar-refractivity contribution in [3.8, 4) is 12.3 Å². The topological polar surface area (TPSA) is 58.2 Å². The summed E-state index contributed by atoms with van der Waals surface area (Å²) < 4.78 is 26.5. The van der Waals surface area contributed by atoms with E-state index in [4.69, 9.17) is 6.42 Å². The van der Waals surface area contributed by atoms with Gasteiger partial charge in [-0.15, -0.1) is 12.3 Å². The van der Waals surface area contributed by atoms with Crippen molar-refractivity contribution in [2.24, 2.45) is 0 Å². The summed E-state index contributed by atoms with van der Waals surface area (Å²) in [6, 6.07) is 5.18. The smallest absolute Gasteiger partial charge is 0.240 e. The molecule has 1 heterocycles. The van der Waals surface area contributed by atoms with Gasteiger partial charge in [-0.3, -0.25) is 0 Å². The van der Waals surface area contributed by atoms with Crippen LogP contribution < -0.4 is 10.0 Å². The van der Waals surface area contributed by atoms with Crippen LogP contribution in [0.3, 0.4) is 0 Å². The van der Waals surface area contributed by atoms with Crippen LogP contribution >= 0.6 is 0 Å². The van der Waals surface area contributed by atoms with E-state index < -0.39 is 10.0 Å². The first-order chi connectivity index (χ1) is 8.63. The van der Waals surface area contributed by atoms with Crippen molar-refractivity contribution in [1.82, 2.24) is 4.72 Å². The molecule has 1 aliphatic rings. The number of rotatable bonds is 4. The monoisotopic (exact) mass is 264 g/mol. The Labute approximate surface area is 108 Å². The zero-order chi connectivity index (χ0) is 13.0. The first-order valence-electron chi connectivity index (χ1n) is 5.93. The average molecular weight is 264 g/mol. The van der Waals surface area contributed by atoms with Gasteiger partial charge in [-0.25, -0.2) is 13.1 Å². The van der Waals surface area contributed by atoms with E-state index in [9.17, 15) is 8.42 Å². The molecule has 0 aromatic heterocycles. The highest BCUT2D eigenvalue weighted by molar-refractivity contribution is 7.89. The highest BCUT2D eigenvalue weighted by Crippen LogP contribution is 2.24. The molecule has 0 amide bonds. The predicted molar refractivity (Wildman–Crippen MR) is 71.9 cm³/mol. The first kappa shape index (κ1) is 12.9. The van der Waals surface area contributed by atoms with Gasteiger partial charge in [0, 0.05) is 25.2 Å². The van der Waals surface area contributed by atoms with Crippen LogP contribution in [0.25, 0.3) is 0 Å². The molecule has 5 heteroatoms. The van der Waals surface area contributed by atoms with Crippen molar-refractivity contribution in [3.05, 3.63) is 23.8 Å². The molecule has 2 rings (SSSR count). The summed E-state index contributed by atoms with van der Waals surface area (Å²) in [5.74, 6) is 2.40. The molecule has 0 saturated heterocycles. The largest absolute Gasteiger partial charge is 0.385 e. The molecule has 0 saturated carbocycles. The van der Waals surface area contributed by atoms with Gasteiger partial charge in [0.2, 0.25) is 10.0 Å². The molecule has 2 N–H and O–H groups in total.